The third kappa shape index (κ3) is 3.50. The van der Waals surface area contributed by atoms with Crippen LogP contribution >= 0.6 is 11.3 Å². The Morgan fingerprint density at radius 1 is 1.24 bits per heavy atom. The number of rotatable bonds is 5. The van der Waals surface area contributed by atoms with E-state index in [9.17, 15) is 9.18 Å². The second kappa shape index (κ2) is 6.85. The Morgan fingerprint density at radius 2 is 1.90 bits per heavy atom. The molecule has 1 heterocycles. The Hall–Kier alpha value is -1.68. The molecule has 2 aromatic rings. The highest BCUT2D eigenvalue weighted by Crippen LogP contribution is 2.26. The SMILES string of the molecule is CCCc1cc(C(=O)N(CC)c2ccc(F)cc2)sc1C. The summed E-state index contributed by atoms with van der Waals surface area (Å²) in [6.07, 6.45) is 2.07. The Morgan fingerprint density at radius 3 is 2.48 bits per heavy atom. The summed E-state index contributed by atoms with van der Waals surface area (Å²) in [5.41, 5.74) is 1.98. The lowest BCUT2D eigenvalue weighted by Crippen LogP contribution is -2.29. The van der Waals surface area contributed by atoms with Gasteiger partial charge in [0.25, 0.3) is 5.91 Å². The van der Waals surface area contributed by atoms with Crippen LogP contribution in [-0.4, -0.2) is 12.5 Å². The van der Waals surface area contributed by atoms with E-state index in [0.717, 1.165) is 23.4 Å². The fourth-order valence-electron chi connectivity index (χ4n) is 2.34. The van der Waals surface area contributed by atoms with Gasteiger partial charge in [0.05, 0.1) is 4.88 Å². The van der Waals surface area contributed by atoms with Crippen LogP contribution in [0.1, 0.15) is 40.4 Å². The molecular weight excluding hydrogens is 285 g/mol. The van der Waals surface area contributed by atoms with Crippen LogP contribution in [-0.2, 0) is 6.42 Å². The summed E-state index contributed by atoms with van der Waals surface area (Å²) in [5, 5.41) is 0. The number of halogens is 1. The maximum absolute atomic E-state index is 13.0. The van der Waals surface area contributed by atoms with Crippen molar-refractivity contribution in [1.82, 2.24) is 0 Å². The van der Waals surface area contributed by atoms with Crippen LogP contribution < -0.4 is 4.90 Å². The fraction of sp³-hybridized carbons (Fsp3) is 0.353. The van der Waals surface area contributed by atoms with Gasteiger partial charge < -0.3 is 4.90 Å². The Labute approximate surface area is 129 Å². The van der Waals surface area contributed by atoms with Crippen LogP contribution in [0.5, 0.6) is 0 Å². The molecule has 2 nitrogen and oxygen atoms in total. The maximum Gasteiger partial charge on any atom is 0.268 e. The third-order valence-corrected chi connectivity index (χ3v) is 4.53. The van der Waals surface area contributed by atoms with Gasteiger partial charge in [-0.3, -0.25) is 4.79 Å². The molecule has 0 radical (unpaired) electrons. The standard InChI is InChI=1S/C17H20FNOS/c1-4-6-13-11-16(21-12(13)3)17(20)19(5-2)15-9-7-14(18)8-10-15/h7-11H,4-6H2,1-3H3. The molecule has 0 unspecified atom stereocenters. The highest BCUT2D eigenvalue weighted by atomic mass is 32.1. The van der Waals surface area contributed by atoms with Gasteiger partial charge in [-0.25, -0.2) is 4.39 Å². The smallest absolute Gasteiger partial charge is 0.268 e. The number of hydrogen-bond donors (Lipinski definition) is 0. The molecule has 112 valence electrons. The summed E-state index contributed by atoms with van der Waals surface area (Å²) >= 11 is 1.54. The molecule has 0 aliphatic rings. The summed E-state index contributed by atoms with van der Waals surface area (Å²) in [4.78, 5) is 16.3. The molecule has 2 rings (SSSR count). The first-order chi connectivity index (χ1) is 10.1. The van der Waals surface area contributed by atoms with Crippen LogP contribution in [0.15, 0.2) is 30.3 Å². The van der Waals surface area contributed by atoms with Crippen molar-refractivity contribution in [3.05, 3.63) is 51.5 Å². The largest absolute Gasteiger partial charge is 0.308 e. The van der Waals surface area contributed by atoms with Gasteiger partial charge >= 0.3 is 0 Å². The highest BCUT2D eigenvalue weighted by molar-refractivity contribution is 7.14. The maximum atomic E-state index is 13.0. The zero-order chi connectivity index (χ0) is 15.4. The van der Waals surface area contributed by atoms with Crippen molar-refractivity contribution in [2.45, 2.75) is 33.6 Å². The lowest BCUT2D eigenvalue weighted by Gasteiger charge is -2.20. The van der Waals surface area contributed by atoms with Gasteiger partial charge in [-0.2, -0.15) is 0 Å². The van der Waals surface area contributed by atoms with Gasteiger partial charge in [0.15, 0.2) is 0 Å². The second-order valence-corrected chi connectivity index (χ2v) is 6.22. The summed E-state index contributed by atoms with van der Waals surface area (Å²) in [6.45, 7) is 6.68. The molecule has 0 atom stereocenters. The van der Waals surface area contributed by atoms with E-state index in [2.05, 4.69) is 13.8 Å². The fourth-order valence-corrected chi connectivity index (χ4v) is 3.36. The lowest BCUT2D eigenvalue weighted by atomic mass is 10.1. The summed E-state index contributed by atoms with van der Waals surface area (Å²) < 4.78 is 13.0. The monoisotopic (exact) mass is 305 g/mol. The molecule has 0 N–H and O–H groups in total. The van der Waals surface area contributed by atoms with Crippen molar-refractivity contribution in [3.8, 4) is 0 Å². The summed E-state index contributed by atoms with van der Waals surface area (Å²) in [5.74, 6) is -0.306. The van der Waals surface area contributed by atoms with Crippen LogP contribution in [0.2, 0.25) is 0 Å². The Kier molecular flexibility index (Phi) is 5.12. The summed E-state index contributed by atoms with van der Waals surface area (Å²) in [7, 11) is 0. The number of thiophene rings is 1. The Balaban J connectivity index is 2.27. The number of nitrogens with zero attached hydrogens (tertiary/aromatic N) is 1. The second-order valence-electron chi connectivity index (χ2n) is 4.97. The predicted octanol–water partition coefficient (Wildman–Crippen LogP) is 4.81. The van der Waals surface area contributed by atoms with Crippen molar-refractivity contribution in [2.75, 3.05) is 11.4 Å². The van der Waals surface area contributed by atoms with Crippen LogP contribution in [0.3, 0.4) is 0 Å². The van der Waals surface area contributed by atoms with E-state index in [1.165, 1.54) is 33.9 Å². The first-order valence-corrected chi connectivity index (χ1v) is 8.05. The number of anilines is 1. The van der Waals surface area contributed by atoms with Gasteiger partial charge in [-0.1, -0.05) is 13.3 Å². The molecule has 0 fully saturated rings. The number of amides is 1. The van der Waals surface area contributed by atoms with Crippen LogP contribution in [0.25, 0.3) is 0 Å². The number of benzene rings is 1. The summed E-state index contributed by atoms with van der Waals surface area (Å²) in [6, 6.07) is 8.05. The van der Waals surface area contributed by atoms with Gasteiger partial charge in [0.1, 0.15) is 5.82 Å². The first kappa shape index (κ1) is 15.7. The van der Waals surface area contributed by atoms with Crippen LogP contribution in [0.4, 0.5) is 10.1 Å². The predicted molar refractivity (Wildman–Crippen MR) is 86.8 cm³/mol. The quantitative estimate of drug-likeness (QED) is 0.776. The zero-order valence-corrected chi connectivity index (χ0v) is 13.5. The van der Waals surface area contributed by atoms with Crippen molar-refractivity contribution in [2.24, 2.45) is 0 Å². The van der Waals surface area contributed by atoms with Crippen molar-refractivity contribution in [3.63, 3.8) is 0 Å². The molecule has 0 saturated heterocycles. The van der Waals surface area contributed by atoms with E-state index in [1.54, 1.807) is 17.0 Å². The van der Waals surface area contributed by atoms with Crippen molar-refractivity contribution in [1.29, 1.82) is 0 Å². The van der Waals surface area contributed by atoms with Gasteiger partial charge in [-0.15, -0.1) is 11.3 Å². The van der Waals surface area contributed by atoms with E-state index in [1.807, 2.05) is 13.0 Å². The van der Waals surface area contributed by atoms with Crippen molar-refractivity contribution < 1.29 is 9.18 Å². The Bertz CT molecular complexity index is 618. The van der Waals surface area contributed by atoms with Crippen molar-refractivity contribution >= 4 is 22.9 Å². The normalized spacial score (nSPS) is 10.7. The molecule has 0 saturated carbocycles. The molecule has 1 aromatic heterocycles. The molecule has 21 heavy (non-hydrogen) atoms. The van der Waals surface area contributed by atoms with E-state index in [-0.39, 0.29) is 11.7 Å². The number of hydrogen-bond acceptors (Lipinski definition) is 2. The van der Waals surface area contributed by atoms with E-state index in [4.69, 9.17) is 0 Å². The first-order valence-electron chi connectivity index (χ1n) is 7.23. The molecular formula is C17H20FNOS. The lowest BCUT2D eigenvalue weighted by molar-refractivity contribution is 0.0992. The number of carbonyl (C=O) groups excluding carboxylic acids is 1. The molecule has 0 bridgehead atoms. The number of aryl methyl sites for hydroxylation is 2. The molecule has 1 amide bonds. The van der Waals surface area contributed by atoms with Gasteiger partial charge in [-0.05, 0) is 56.2 Å². The van der Waals surface area contributed by atoms with Crippen LogP contribution in [0, 0.1) is 12.7 Å². The average molecular weight is 305 g/mol. The zero-order valence-electron chi connectivity index (χ0n) is 12.6. The molecule has 4 heteroatoms. The topological polar surface area (TPSA) is 20.3 Å². The molecule has 0 aliphatic heterocycles. The third-order valence-electron chi connectivity index (χ3n) is 3.45. The van der Waals surface area contributed by atoms with E-state index < -0.39 is 0 Å². The minimum Gasteiger partial charge on any atom is -0.308 e. The van der Waals surface area contributed by atoms with Gasteiger partial charge in [0, 0.05) is 17.1 Å². The molecule has 0 aliphatic carbocycles. The van der Waals surface area contributed by atoms with E-state index >= 15 is 0 Å². The van der Waals surface area contributed by atoms with Gasteiger partial charge in [0.2, 0.25) is 0 Å². The minimum absolute atomic E-state index is 0.0143. The molecule has 0 spiro atoms. The highest BCUT2D eigenvalue weighted by Gasteiger charge is 2.19. The minimum atomic E-state index is -0.292. The molecule has 1 aromatic carbocycles. The number of carbonyl (C=O) groups is 1. The van der Waals surface area contributed by atoms with E-state index in [0.29, 0.717) is 6.54 Å². The average Bonchev–Trinajstić information content (AvgIpc) is 2.83.